The molecule has 1 aliphatic rings. The van der Waals surface area contributed by atoms with Crippen LogP contribution in [0.3, 0.4) is 0 Å². The van der Waals surface area contributed by atoms with Gasteiger partial charge < -0.3 is 0 Å². The van der Waals surface area contributed by atoms with Crippen molar-refractivity contribution in [1.29, 1.82) is 5.26 Å². The van der Waals surface area contributed by atoms with Crippen LogP contribution in [0.5, 0.6) is 0 Å². The van der Waals surface area contributed by atoms with Gasteiger partial charge in [0.2, 0.25) is 0 Å². The summed E-state index contributed by atoms with van der Waals surface area (Å²) in [4.78, 5) is 2.40. The van der Waals surface area contributed by atoms with Crippen molar-refractivity contribution in [3.05, 3.63) is 35.6 Å². The van der Waals surface area contributed by atoms with E-state index in [2.05, 4.69) is 24.8 Å². The second-order valence-electron chi connectivity index (χ2n) is 5.25. The van der Waals surface area contributed by atoms with E-state index in [0.717, 1.165) is 24.9 Å². The molecule has 1 aromatic rings. The summed E-state index contributed by atoms with van der Waals surface area (Å²) >= 11 is 0. The molecule has 1 fully saturated rings. The first-order valence-electron chi connectivity index (χ1n) is 6.52. The Balaban J connectivity index is 2.24. The SMILES string of the molecule is CC(C)N1CC[C@@H](C#N)C[C@H]1c1ccc(F)cc1. The van der Waals surface area contributed by atoms with Crippen LogP contribution < -0.4 is 0 Å². The second kappa shape index (κ2) is 5.49. The van der Waals surface area contributed by atoms with Crippen LogP contribution in [0.15, 0.2) is 24.3 Å². The van der Waals surface area contributed by atoms with Crippen molar-refractivity contribution >= 4 is 0 Å². The Bertz CT molecular complexity index is 433. The van der Waals surface area contributed by atoms with Crippen LogP contribution in [-0.4, -0.2) is 17.5 Å². The molecule has 1 saturated heterocycles. The molecular formula is C15H19FN2. The molecule has 2 atom stereocenters. The molecule has 0 N–H and O–H groups in total. The fourth-order valence-corrected chi connectivity index (χ4v) is 2.73. The van der Waals surface area contributed by atoms with Gasteiger partial charge >= 0.3 is 0 Å². The zero-order valence-electron chi connectivity index (χ0n) is 10.9. The molecule has 0 aromatic heterocycles. The average molecular weight is 246 g/mol. The summed E-state index contributed by atoms with van der Waals surface area (Å²) in [5.74, 6) is -0.0856. The lowest BCUT2D eigenvalue weighted by Crippen LogP contribution is -2.40. The number of benzene rings is 1. The van der Waals surface area contributed by atoms with Gasteiger partial charge in [0.1, 0.15) is 5.82 Å². The van der Waals surface area contributed by atoms with E-state index in [9.17, 15) is 4.39 Å². The molecule has 2 rings (SSSR count). The molecule has 0 amide bonds. The molecular weight excluding hydrogens is 227 g/mol. The molecule has 96 valence electrons. The fourth-order valence-electron chi connectivity index (χ4n) is 2.73. The van der Waals surface area contributed by atoms with E-state index in [1.54, 1.807) is 0 Å². The average Bonchev–Trinajstić information content (AvgIpc) is 2.38. The van der Waals surface area contributed by atoms with Crippen molar-refractivity contribution in [2.24, 2.45) is 5.92 Å². The lowest BCUT2D eigenvalue weighted by molar-refractivity contribution is 0.0951. The molecule has 0 unspecified atom stereocenters. The minimum absolute atomic E-state index is 0.120. The van der Waals surface area contributed by atoms with Gasteiger partial charge in [0.05, 0.1) is 6.07 Å². The number of likely N-dealkylation sites (tertiary alicyclic amines) is 1. The minimum Gasteiger partial charge on any atom is -0.294 e. The topological polar surface area (TPSA) is 27.0 Å². The molecule has 1 heterocycles. The lowest BCUT2D eigenvalue weighted by atomic mass is 9.87. The first kappa shape index (κ1) is 13.0. The van der Waals surface area contributed by atoms with Gasteiger partial charge in [-0.2, -0.15) is 5.26 Å². The highest BCUT2D eigenvalue weighted by atomic mass is 19.1. The Morgan fingerprint density at radius 1 is 1.33 bits per heavy atom. The fraction of sp³-hybridized carbons (Fsp3) is 0.533. The van der Waals surface area contributed by atoms with E-state index in [0.29, 0.717) is 6.04 Å². The van der Waals surface area contributed by atoms with Crippen LogP contribution in [0.1, 0.15) is 38.3 Å². The van der Waals surface area contributed by atoms with E-state index in [1.807, 2.05) is 12.1 Å². The number of rotatable bonds is 2. The zero-order chi connectivity index (χ0) is 13.1. The third kappa shape index (κ3) is 2.70. The number of hydrogen-bond donors (Lipinski definition) is 0. The lowest BCUT2D eigenvalue weighted by Gasteiger charge is -2.40. The Kier molecular flexibility index (Phi) is 3.98. The van der Waals surface area contributed by atoms with E-state index in [4.69, 9.17) is 5.26 Å². The van der Waals surface area contributed by atoms with Gasteiger partial charge in [-0.3, -0.25) is 4.90 Å². The van der Waals surface area contributed by atoms with Gasteiger partial charge in [-0.05, 0) is 44.4 Å². The Labute approximate surface area is 108 Å². The highest BCUT2D eigenvalue weighted by molar-refractivity contribution is 5.21. The first-order valence-corrected chi connectivity index (χ1v) is 6.52. The smallest absolute Gasteiger partial charge is 0.123 e. The first-order chi connectivity index (χ1) is 8.61. The molecule has 3 heteroatoms. The summed E-state index contributed by atoms with van der Waals surface area (Å²) in [6, 6.07) is 9.75. The molecule has 0 spiro atoms. The Morgan fingerprint density at radius 2 is 2.00 bits per heavy atom. The maximum absolute atomic E-state index is 13.0. The van der Waals surface area contributed by atoms with Crippen molar-refractivity contribution in [1.82, 2.24) is 4.90 Å². The second-order valence-corrected chi connectivity index (χ2v) is 5.25. The highest BCUT2D eigenvalue weighted by Crippen LogP contribution is 2.35. The van der Waals surface area contributed by atoms with Crippen molar-refractivity contribution in [2.75, 3.05) is 6.54 Å². The molecule has 2 nitrogen and oxygen atoms in total. The summed E-state index contributed by atoms with van der Waals surface area (Å²) in [6.07, 6.45) is 1.78. The predicted octanol–water partition coefficient (Wildman–Crippen LogP) is 3.51. The summed E-state index contributed by atoms with van der Waals surface area (Å²) in [5.41, 5.74) is 1.12. The van der Waals surface area contributed by atoms with E-state index < -0.39 is 0 Å². The number of nitrogens with zero attached hydrogens (tertiary/aromatic N) is 2. The molecule has 1 aromatic carbocycles. The minimum atomic E-state index is -0.206. The van der Waals surface area contributed by atoms with E-state index in [-0.39, 0.29) is 17.8 Å². The molecule has 1 aliphatic heterocycles. The van der Waals surface area contributed by atoms with Crippen molar-refractivity contribution in [3.63, 3.8) is 0 Å². The van der Waals surface area contributed by atoms with Gasteiger partial charge in [0.15, 0.2) is 0 Å². The number of hydrogen-bond acceptors (Lipinski definition) is 2. The van der Waals surface area contributed by atoms with Gasteiger partial charge in [0, 0.05) is 24.5 Å². The standard InChI is InChI=1S/C15H19FN2/c1-11(2)18-8-7-12(10-17)9-15(18)13-3-5-14(16)6-4-13/h3-6,11-12,15H,7-9H2,1-2H3/t12-,15+/m1/s1. The maximum Gasteiger partial charge on any atom is 0.123 e. The maximum atomic E-state index is 13.0. The summed E-state index contributed by atoms with van der Waals surface area (Å²) in [5, 5.41) is 9.10. The van der Waals surface area contributed by atoms with Gasteiger partial charge in [-0.15, -0.1) is 0 Å². The molecule has 18 heavy (non-hydrogen) atoms. The molecule has 0 bridgehead atoms. The Hall–Kier alpha value is -1.40. The molecule has 0 aliphatic carbocycles. The van der Waals surface area contributed by atoms with Crippen molar-refractivity contribution in [2.45, 2.75) is 38.8 Å². The number of piperidine rings is 1. The Morgan fingerprint density at radius 3 is 2.56 bits per heavy atom. The van der Waals surface area contributed by atoms with Crippen LogP contribution >= 0.6 is 0 Å². The largest absolute Gasteiger partial charge is 0.294 e. The van der Waals surface area contributed by atoms with Crippen LogP contribution in [-0.2, 0) is 0 Å². The summed E-state index contributed by atoms with van der Waals surface area (Å²) in [7, 11) is 0. The van der Waals surface area contributed by atoms with Crippen LogP contribution in [0, 0.1) is 23.1 Å². The van der Waals surface area contributed by atoms with Crippen molar-refractivity contribution in [3.8, 4) is 6.07 Å². The normalized spacial score (nSPS) is 25.1. The van der Waals surface area contributed by atoms with Gasteiger partial charge in [-0.25, -0.2) is 4.39 Å². The van der Waals surface area contributed by atoms with Crippen LogP contribution in [0.4, 0.5) is 4.39 Å². The highest BCUT2D eigenvalue weighted by Gasteiger charge is 2.30. The molecule has 0 saturated carbocycles. The third-order valence-electron chi connectivity index (χ3n) is 3.74. The van der Waals surface area contributed by atoms with Gasteiger partial charge in [-0.1, -0.05) is 12.1 Å². The summed E-state index contributed by atoms with van der Waals surface area (Å²) < 4.78 is 13.0. The van der Waals surface area contributed by atoms with Crippen LogP contribution in [0.2, 0.25) is 0 Å². The quantitative estimate of drug-likeness (QED) is 0.798. The monoisotopic (exact) mass is 246 g/mol. The zero-order valence-corrected chi connectivity index (χ0v) is 10.9. The third-order valence-corrected chi connectivity index (χ3v) is 3.74. The number of halogens is 1. The predicted molar refractivity (Wildman–Crippen MR) is 69.3 cm³/mol. The van der Waals surface area contributed by atoms with Crippen LogP contribution in [0.25, 0.3) is 0 Å². The number of nitriles is 1. The molecule has 0 radical (unpaired) electrons. The van der Waals surface area contributed by atoms with E-state index >= 15 is 0 Å². The van der Waals surface area contributed by atoms with Crippen molar-refractivity contribution < 1.29 is 4.39 Å². The van der Waals surface area contributed by atoms with E-state index in [1.165, 1.54) is 12.1 Å². The summed E-state index contributed by atoms with van der Waals surface area (Å²) in [6.45, 7) is 5.28. The van der Waals surface area contributed by atoms with Gasteiger partial charge in [0.25, 0.3) is 0 Å².